The zero-order chi connectivity index (χ0) is 28.7. The van der Waals surface area contributed by atoms with Crippen molar-refractivity contribution < 1.29 is 24.5 Å². The molecular weight excluding hydrogens is 785 g/mol. The maximum atomic E-state index is 6.14. The Bertz CT molecular complexity index is 2180. The summed E-state index contributed by atoms with van der Waals surface area (Å²) < 4.78 is 10.1. The second-order valence-electron chi connectivity index (χ2n) is 11.3. The zero-order valence-corrected chi connectivity index (χ0v) is 29.3. The largest absolute Gasteiger partial charge is 0.501 e. The molecule has 8 rings (SSSR count). The Morgan fingerprint density at radius 2 is 1.42 bits per heavy atom. The minimum absolute atomic E-state index is 0. The van der Waals surface area contributed by atoms with Gasteiger partial charge in [0.15, 0.2) is 0 Å². The summed E-state index contributed by atoms with van der Waals surface area (Å²) in [7, 11) is 0. The fourth-order valence-corrected chi connectivity index (χ4v) is 8.47. The molecule has 0 bridgehead atoms. The van der Waals surface area contributed by atoms with E-state index in [1.807, 2.05) is 60.9 Å². The van der Waals surface area contributed by atoms with E-state index in [9.17, 15) is 0 Å². The van der Waals surface area contributed by atoms with E-state index in [-0.39, 0.29) is 20.1 Å². The number of thiophene rings is 1. The van der Waals surface area contributed by atoms with Gasteiger partial charge in [0.05, 0.1) is 5.58 Å². The molecule has 0 aliphatic carbocycles. The molecule has 0 spiro atoms. The molecule has 0 unspecified atom stereocenters. The average molecular weight is 814 g/mol. The summed E-state index contributed by atoms with van der Waals surface area (Å²) in [6.07, 6.45) is 4.01. The Kier molecular flexibility index (Phi) is 8.34. The summed E-state index contributed by atoms with van der Waals surface area (Å²) in [5.74, 6) is 7.14. The molecular formula is C37H28GeIrN2OS-2. The van der Waals surface area contributed by atoms with Crippen LogP contribution in [0.3, 0.4) is 0 Å². The van der Waals surface area contributed by atoms with Crippen molar-refractivity contribution in [3.05, 3.63) is 128 Å². The first-order valence-corrected chi connectivity index (χ1v) is 22.1. The number of para-hydroxylation sites is 1. The molecule has 43 heavy (non-hydrogen) atoms. The van der Waals surface area contributed by atoms with E-state index in [2.05, 4.69) is 89.0 Å². The summed E-state index contributed by atoms with van der Waals surface area (Å²) >= 11 is 0.0805. The molecule has 0 N–H and O–H groups in total. The van der Waals surface area contributed by atoms with Gasteiger partial charge in [0, 0.05) is 51.9 Å². The molecule has 0 saturated heterocycles. The number of benzene rings is 4. The number of nitrogens with zero attached hydrogens (tertiary/aromatic N) is 2. The minimum atomic E-state index is -1.72. The summed E-state index contributed by atoms with van der Waals surface area (Å²) in [5.41, 5.74) is 5.63. The quantitative estimate of drug-likeness (QED) is 0.132. The maximum absolute atomic E-state index is 6.14. The average Bonchev–Trinajstić information content (AvgIpc) is 3.59. The SMILES string of the molecule is [CH3][Ge]([CH3])([CH3])[c]1ccc(-c2[c-]cccc2)nc1.[Ir].[c-]1ccc2c(oc3ccccc32)c1-c1cc2sc3ccccc3c2cn1. The number of hydrogen-bond acceptors (Lipinski definition) is 4. The van der Waals surface area contributed by atoms with Crippen LogP contribution in [0.4, 0.5) is 0 Å². The van der Waals surface area contributed by atoms with Gasteiger partial charge in [0.25, 0.3) is 0 Å². The van der Waals surface area contributed by atoms with Crippen molar-refractivity contribution in [2.75, 3.05) is 0 Å². The van der Waals surface area contributed by atoms with Crippen LogP contribution in [0, 0.1) is 12.1 Å². The van der Waals surface area contributed by atoms with Crippen molar-refractivity contribution in [1.82, 2.24) is 9.97 Å². The fraction of sp³-hybridized carbons (Fsp3) is 0.0811. The van der Waals surface area contributed by atoms with Crippen LogP contribution in [0.5, 0.6) is 0 Å². The van der Waals surface area contributed by atoms with Gasteiger partial charge in [-0.2, -0.15) is 0 Å². The smallest absolute Gasteiger partial charge is 0.120 e. The van der Waals surface area contributed by atoms with Crippen molar-refractivity contribution in [3.63, 3.8) is 0 Å². The monoisotopic (exact) mass is 815 g/mol. The number of rotatable bonds is 3. The molecule has 0 amide bonds. The predicted molar refractivity (Wildman–Crippen MR) is 180 cm³/mol. The van der Waals surface area contributed by atoms with Crippen molar-refractivity contribution in [3.8, 4) is 22.5 Å². The molecule has 8 aromatic rings. The van der Waals surface area contributed by atoms with Crippen LogP contribution in [-0.4, -0.2) is 23.2 Å². The normalized spacial score (nSPS) is 11.4. The van der Waals surface area contributed by atoms with Crippen LogP contribution in [0.2, 0.25) is 17.3 Å². The van der Waals surface area contributed by atoms with E-state index in [4.69, 9.17) is 9.40 Å². The first-order valence-electron chi connectivity index (χ1n) is 14.0. The van der Waals surface area contributed by atoms with E-state index in [1.54, 1.807) is 11.3 Å². The summed E-state index contributed by atoms with van der Waals surface area (Å²) in [6, 6.07) is 41.6. The predicted octanol–water partition coefficient (Wildman–Crippen LogP) is 9.91. The molecule has 6 heteroatoms. The molecule has 0 saturated carbocycles. The van der Waals surface area contributed by atoms with Crippen LogP contribution < -0.4 is 4.40 Å². The van der Waals surface area contributed by atoms with Crippen LogP contribution in [0.15, 0.2) is 120 Å². The van der Waals surface area contributed by atoms with Gasteiger partial charge in [0.2, 0.25) is 0 Å². The van der Waals surface area contributed by atoms with Gasteiger partial charge in [-0.05, 0) is 17.8 Å². The van der Waals surface area contributed by atoms with E-state index in [0.717, 1.165) is 44.5 Å². The number of furan rings is 1. The van der Waals surface area contributed by atoms with E-state index in [1.165, 1.54) is 24.6 Å². The Labute approximate surface area is 271 Å². The van der Waals surface area contributed by atoms with E-state index >= 15 is 0 Å². The number of fused-ring (bicyclic) bond motifs is 6. The fourth-order valence-electron chi connectivity index (χ4n) is 5.19. The van der Waals surface area contributed by atoms with Crippen molar-refractivity contribution in [2.45, 2.75) is 17.3 Å². The van der Waals surface area contributed by atoms with Gasteiger partial charge in [-0.15, -0.1) is 29.5 Å². The van der Waals surface area contributed by atoms with Crippen LogP contribution in [0.25, 0.3) is 64.6 Å². The minimum Gasteiger partial charge on any atom is -0.501 e. The third kappa shape index (κ3) is 5.83. The number of pyridine rings is 2. The second-order valence-corrected chi connectivity index (χ2v) is 23.1. The topological polar surface area (TPSA) is 38.9 Å². The van der Waals surface area contributed by atoms with Crippen LogP contribution in [0.1, 0.15) is 0 Å². The van der Waals surface area contributed by atoms with Crippen molar-refractivity contribution >= 4 is 71.1 Å². The van der Waals surface area contributed by atoms with Crippen molar-refractivity contribution in [1.29, 1.82) is 0 Å². The summed E-state index contributed by atoms with van der Waals surface area (Å²) in [6.45, 7) is 0. The molecule has 4 aromatic heterocycles. The second kappa shape index (κ2) is 12.2. The molecule has 4 aromatic carbocycles. The molecule has 0 aliphatic rings. The standard InChI is InChI=1S/C23H12NOS.C14H16GeN.Ir/c1-3-10-20-14(6-1)16-8-5-9-17(23(16)25-20)19-12-22-18(13-24-19)15-7-2-4-11-21(15)26-22;1-15(2,3)13-9-10-14(16-11-13)12-7-5-4-6-8-12;/h1-8,10-13H;4-7,9-11H,1-3H3;/q2*-1;. The third-order valence-corrected chi connectivity index (χ3v) is 12.9. The molecule has 3 nitrogen and oxygen atoms in total. The third-order valence-electron chi connectivity index (χ3n) is 7.47. The first kappa shape index (κ1) is 29.5. The molecule has 0 aliphatic heterocycles. The summed E-state index contributed by atoms with van der Waals surface area (Å²) in [5, 5.41) is 4.69. The van der Waals surface area contributed by atoms with Gasteiger partial charge in [-0.3, -0.25) is 0 Å². The Hall–Kier alpha value is -3.61. The Morgan fingerprint density at radius 1 is 0.651 bits per heavy atom. The van der Waals surface area contributed by atoms with Crippen LogP contribution in [-0.2, 0) is 20.1 Å². The van der Waals surface area contributed by atoms with Gasteiger partial charge >= 0.3 is 99.8 Å². The van der Waals surface area contributed by atoms with Crippen LogP contribution >= 0.6 is 11.3 Å². The molecule has 0 atom stereocenters. The zero-order valence-electron chi connectivity index (χ0n) is 24.0. The molecule has 4 heterocycles. The number of hydrogen-bond donors (Lipinski definition) is 0. The first-order chi connectivity index (χ1) is 20.5. The molecule has 0 fully saturated rings. The molecule has 1 radical (unpaired) electrons. The van der Waals surface area contributed by atoms with Gasteiger partial charge in [-0.1, -0.05) is 53.4 Å². The van der Waals surface area contributed by atoms with Gasteiger partial charge < -0.3 is 9.40 Å². The van der Waals surface area contributed by atoms with E-state index in [0.29, 0.717) is 0 Å². The molecule has 213 valence electrons. The summed E-state index contributed by atoms with van der Waals surface area (Å²) in [4.78, 5) is 9.27. The van der Waals surface area contributed by atoms with Crippen molar-refractivity contribution in [2.24, 2.45) is 0 Å². The van der Waals surface area contributed by atoms with E-state index < -0.39 is 13.3 Å². The van der Waals surface area contributed by atoms with Gasteiger partial charge in [0.1, 0.15) is 5.58 Å². The Balaban J connectivity index is 0.000000168. The maximum Gasteiger partial charge on any atom is 0.120 e. The Morgan fingerprint density at radius 3 is 2.19 bits per heavy atom. The number of aromatic nitrogens is 2. The van der Waals surface area contributed by atoms with Gasteiger partial charge in [-0.25, -0.2) is 0 Å².